The highest BCUT2D eigenvalue weighted by Crippen LogP contribution is 2.31. The molecule has 0 heterocycles. The zero-order chi connectivity index (χ0) is 15.8. The minimum absolute atomic E-state index is 0.874. The molecule has 20 heavy (non-hydrogen) atoms. The molecule has 0 fully saturated rings. The smallest absolute Gasteiger partial charge is 0.173 e. The minimum atomic E-state index is -1.49. The number of rotatable bonds is 11. The zero-order valence-electron chi connectivity index (χ0n) is 15.5. The van der Waals surface area contributed by atoms with E-state index in [1.165, 1.54) is 44.2 Å². The lowest BCUT2D eigenvalue weighted by Crippen LogP contribution is -2.46. The van der Waals surface area contributed by atoms with Crippen molar-refractivity contribution in [2.75, 3.05) is 0 Å². The van der Waals surface area contributed by atoms with Crippen LogP contribution in [-0.2, 0) is 4.12 Å². The summed E-state index contributed by atoms with van der Waals surface area (Å²) in [7, 11) is -2.98. The molecule has 0 aromatic heterocycles. The van der Waals surface area contributed by atoms with Gasteiger partial charge in [0.15, 0.2) is 16.6 Å². The topological polar surface area (TPSA) is 9.23 Å². The van der Waals surface area contributed by atoms with Crippen LogP contribution in [-0.4, -0.2) is 16.6 Å². The van der Waals surface area contributed by atoms with E-state index in [9.17, 15) is 0 Å². The van der Waals surface area contributed by atoms with Crippen molar-refractivity contribution in [3.05, 3.63) is 0 Å². The molecule has 1 atom stereocenters. The normalized spacial score (nSPS) is 14.8. The van der Waals surface area contributed by atoms with Crippen molar-refractivity contribution in [1.29, 1.82) is 0 Å². The highest BCUT2D eigenvalue weighted by molar-refractivity contribution is 6.84. The van der Waals surface area contributed by atoms with E-state index in [0.717, 1.165) is 11.8 Å². The summed E-state index contributed by atoms with van der Waals surface area (Å²) >= 11 is 0. The van der Waals surface area contributed by atoms with Gasteiger partial charge < -0.3 is 4.12 Å². The van der Waals surface area contributed by atoms with Gasteiger partial charge in [-0.1, -0.05) is 59.8 Å². The van der Waals surface area contributed by atoms with Crippen molar-refractivity contribution in [3.63, 3.8) is 0 Å². The predicted molar refractivity (Wildman–Crippen MR) is 98.4 cm³/mol. The molecule has 0 aromatic rings. The quantitative estimate of drug-likeness (QED) is 0.386. The highest BCUT2D eigenvalue weighted by atomic mass is 28.4. The van der Waals surface area contributed by atoms with Crippen LogP contribution in [0.25, 0.3) is 0 Å². The number of hydrogen-bond acceptors (Lipinski definition) is 1. The molecule has 0 aliphatic heterocycles. The molecule has 0 radical (unpaired) electrons. The van der Waals surface area contributed by atoms with Crippen LogP contribution in [0.15, 0.2) is 0 Å². The van der Waals surface area contributed by atoms with Gasteiger partial charge in [0.1, 0.15) is 0 Å². The average molecular weight is 317 g/mol. The van der Waals surface area contributed by atoms with Crippen LogP contribution in [0.1, 0.15) is 59.8 Å². The summed E-state index contributed by atoms with van der Waals surface area (Å²) in [6, 6.07) is 2.71. The zero-order valence-corrected chi connectivity index (χ0v) is 17.5. The maximum Gasteiger partial charge on any atom is 0.173 e. The van der Waals surface area contributed by atoms with Gasteiger partial charge in [-0.15, -0.1) is 0 Å². The van der Waals surface area contributed by atoms with Crippen molar-refractivity contribution >= 4 is 16.6 Å². The molecule has 0 N–H and O–H groups in total. The lowest BCUT2D eigenvalue weighted by molar-refractivity contribution is 0.446. The van der Waals surface area contributed by atoms with E-state index in [0.29, 0.717) is 0 Å². The fourth-order valence-electron chi connectivity index (χ4n) is 3.66. The molecule has 0 aromatic carbocycles. The molecule has 0 rings (SSSR count). The molecule has 3 heteroatoms. The van der Waals surface area contributed by atoms with Crippen LogP contribution in [0.3, 0.4) is 0 Å². The second-order valence-electron chi connectivity index (χ2n) is 7.78. The molecule has 1 unspecified atom stereocenters. The van der Waals surface area contributed by atoms with Crippen LogP contribution < -0.4 is 0 Å². The van der Waals surface area contributed by atoms with Gasteiger partial charge in [-0.05, 0) is 50.1 Å². The third-order valence-corrected chi connectivity index (χ3v) is 12.1. The Morgan fingerprint density at radius 3 is 1.45 bits per heavy atom. The average Bonchev–Trinajstić information content (AvgIpc) is 2.33. The molecule has 0 bridgehead atoms. The Morgan fingerprint density at radius 1 is 0.700 bits per heavy atom. The molecular weight excluding hydrogens is 276 g/mol. The Labute approximate surface area is 131 Å². The van der Waals surface area contributed by atoms with Gasteiger partial charge in [0.2, 0.25) is 0 Å². The van der Waals surface area contributed by atoms with Crippen molar-refractivity contribution < 1.29 is 4.12 Å². The summed E-state index contributed by atoms with van der Waals surface area (Å²) in [5.74, 6) is 1.76. The largest absolute Gasteiger partial charge is 0.455 e. The van der Waals surface area contributed by atoms with E-state index in [1.54, 1.807) is 0 Å². The van der Waals surface area contributed by atoms with Crippen LogP contribution in [0.5, 0.6) is 0 Å². The van der Waals surface area contributed by atoms with Gasteiger partial charge in [0.05, 0.1) is 0 Å². The van der Waals surface area contributed by atoms with Crippen LogP contribution in [0.4, 0.5) is 0 Å². The van der Waals surface area contributed by atoms with Crippen molar-refractivity contribution in [2.24, 2.45) is 11.8 Å². The summed E-state index contributed by atoms with van der Waals surface area (Å²) in [4.78, 5) is 0. The monoisotopic (exact) mass is 316 g/mol. The first kappa shape index (κ1) is 20.4. The van der Waals surface area contributed by atoms with Crippen molar-refractivity contribution in [1.82, 2.24) is 0 Å². The van der Waals surface area contributed by atoms with Gasteiger partial charge >= 0.3 is 0 Å². The predicted octanol–water partition coefficient (Wildman–Crippen LogP) is 6.68. The first-order valence-corrected chi connectivity index (χ1v) is 15.1. The first-order chi connectivity index (χ1) is 9.19. The van der Waals surface area contributed by atoms with E-state index in [-0.39, 0.29) is 0 Å². The standard InChI is InChI=1S/C17H40OSi2/c1-9-13-17(12-4)15-20(7,8)18-19(5,6)14-16(10-2)11-3/h16-17H,9-15H2,1-8H3. The molecule has 122 valence electrons. The third kappa shape index (κ3) is 8.63. The van der Waals surface area contributed by atoms with E-state index in [2.05, 4.69) is 53.9 Å². The molecule has 1 nitrogen and oxygen atoms in total. The lowest BCUT2D eigenvalue weighted by atomic mass is 10.0. The molecule has 0 saturated heterocycles. The Bertz CT molecular complexity index is 247. The van der Waals surface area contributed by atoms with Crippen LogP contribution in [0, 0.1) is 11.8 Å². The molecule has 0 spiro atoms. The Morgan fingerprint density at radius 2 is 1.10 bits per heavy atom. The van der Waals surface area contributed by atoms with Gasteiger partial charge in [0.25, 0.3) is 0 Å². The van der Waals surface area contributed by atoms with Crippen LogP contribution in [0.2, 0.25) is 38.3 Å². The Balaban J connectivity index is 4.54. The molecule has 0 amide bonds. The SMILES string of the molecule is CCCC(CC)C[Si](C)(C)O[Si](C)(C)CC(CC)CC. The second kappa shape index (κ2) is 9.42. The summed E-state index contributed by atoms with van der Waals surface area (Å²) < 4.78 is 6.82. The first-order valence-electron chi connectivity index (χ1n) is 8.89. The van der Waals surface area contributed by atoms with E-state index < -0.39 is 16.6 Å². The maximum atomic E-state index is 6.82. The summed E-state index contributed by atoms with van der Waals surface area (Å²) in [5, 5.41) is 0. The third-order valence-electron chi connectivity index (χ3n) is 4.54. The summed E-state index contributed by atoms with van der Waals surface area (Å²) in [6.45, 7) is 19.1. The van der Waals surface area contributed by atoms with Gasteiger partial charge in [0, 0.05) is 0 Å². The highest BCUT2D eigenvalue weighted by Gasteiger charge is 2.35. The van der Waals surface area contributed by atoms with Gasteiger partial charge in [-0.25, -0.2) is 0 Å². The van der Waals surface area contributed by atoms with Gasteiger partial charge in [-0.2, -0.15) is 0 Å². The Hall–Kier alpha value is 0.394. The van der Waals surface area contributed by atoms with E-state index in [4.69, 9.17) is 4.12 Å². The molecule has 0 aliphatic carbocycles. The van der Waals surface area contributed by atoms with Crippen LogP contribution >= 0.6 is 0 Å². The maximum absolute atomic E-state index is 6.82. The summed E-state index contributed by atoms with van der Waals surface area (Å²) in [6.07, 6.45) is 6.64. The summed E-state index contributed by atoms with van der Waals surface area (Å²) in [5.41, 5.74) is 0. The molecule has 0 aliphatic rings. The van der Waals surface area contributed by atoms with Crippen molar-refractivity contribution in [3.8, 4) is 0 Å². The minimum Gasteiger partial charge on any atom is -0.455 e. The fourth-order valence-corrected chi connectivity index (χ4v) is 14.2. The lowest BCUT2D eigenvalue weighted by Gasteiger charge is -2.37. The molecule has 0 saturated carbocycles. The number of hydrogen-bond donors (Lipinski definition) is 0. The fraction of sp³-hybridized carbons (Fsp3) is 1.00. The Kier molecular flexibility index (Phi) is 9.60. The van der Waals surface area contributed by atoms with E-state index >= 15 is 0 Å². The van der Waals surface area contributed by atoms with Gasteiger partial charge in [-0.3, -0.25) is 0 Å². The van der Waals surface area contributed by atoms with E-state index in [1.807, 2.05) is 0 Å². The van der Waals surface area contributed by atoms with Crippen molar-refractivity contribution in [2.45, 2.75) is 98.1 Å². The molecular formula is C17H40OSi2. The second-order valence-corrected chi connectivity index (χ2v) is 16.4.